The maximum atomic E-state index is 10.5. The number of primary amides is 1. The van der Waals surface area contributed by atoms with Crippen LogP contribution in [0.25, 0.3) is 0 Å². The van der Waals surface area contributed by atoms with Crippen LogP contribution < -0.4 is 10.5 Å². The number of carbonyl (C=O) groups is 1. The minimum Gasteiger partial charge on any atom is -0.411 e. The molecular formula is C10H11NO2S. The molecule has 0 spiro atoms. The molecule has 1 saturated heterocycles. The van der Waals surface area contributed by atoms with Crippen LogP contribution in [0.4, 0.5) is 4.79 Å². The molecule has 0 aromatic heterocycles. The number of benzene rings is 1. The van der Waals surface area contributed by atoms with Crippen molar-refractivity contribution >= 4 is 17.9 Å². The molecule has 0 unspecified atom stereocenters. The Morgan fingerprint density at radius 2 is 2.00 bits per heavy atom. The van der Waals surface area contributed by atoms with Gasteiger partial charge in [-0.15, -0.1) is 0 Å². The van der Waals surface area contributed by atoms with Crippen molar-refractivity contribution in [1.82, 2.24) is 0 Å². The van der Waals surface area contributed by atoms with E-state index in [4.69, 9.17) is 10.5 Å². The summed E-state index contributed by atoms with van der Waals surface area (Å²) in [5.41, 5.74) is 6.20. The summed E-state index contributed by atoms with van der Waals surface area (Å²) >= 11 is 1.95. The van der Waals surface area contributed by atoms with Gasteiger partial charge < -0.3 is 10.5 Å². The standard InChI is InChI=1S/C10H11NO2S/c11-10(12)13-9-3-1-7(2-4-9)8-5-14-6-8/h1-4,8H,5-6H2,(H2,11,12). The second-order valence-electron chi connectivity index (χ2n) is 3.22. The van der Waals surface area contributed by atoms with E-state index in [0.29, 0.717) is 11.7 Å². The molecule has 1 aliphatic heterocycles. The first-order valence-electron chi connectivity index (χ1n) is 4.40. The molecule has 1 aromatic carbocycles. The maximum absolute atomic E-state index is 10.5. The van der Waals surface area contributed by atoms with Crippen LogP contribution in [0.15, 0.2) is 24.3 Å². The lowest BCUT2D eigenvalue weighted by Crippen LogP contribution is -2.17. The van der Waals surface area contributed by atoms with Gasteiger partial charge >= 0.3 is 6.09 Å². The molecule has 74 valence electrons. The second kappa shape index (κ2) is 3.92. The molecule has 1 aromatic rings. The van der Waals surface area contributed by atoms with E-state index in [2.05, 4.69) is 0 Å². The summed E-state index contributed by atoms with van der Waals surface area (Å²) in [5, 5.41) is 0. The number of rotatable bonds is 2. The molecule has 0 saturated carbocycles. The highest BCUT2D eigenvalue weighted by molar-refractivity contribution is 8.00. The molecule has 14 heavy (non-hydrogen) atoms. The average molecular weight is 209 g/mol. The van der Waals surface area contributed by atoms with Gasteiger partial charge in [0.2, 0.25) is 0 Å². The number of carbonyl (C=O) groups excluding carboxylic acids is 1. The first-order chi connectivity index (χ1) is 6.75. The first kappa shape index (κ1) is 9.40. The lowest BCUT2D eigenvalue weighted by molar-refractivity contribution is 0.211. The van der Waals surface area contributed by atoms with E-state index in [1.165, 1.54) is 17.1 Å². The predicted molar refractivity (Wildman–Crippen MR) is 56.7 cm³/mol. The Hall–Kier alpha value is -1.16. The fourth-order valence-corrected chi connectivity index (χ4v) is 2.21. The van der Waals surface area contributed by atoms with Crippen molar-refractivity contribution in [2.75, 3.05) is 11.5 Å². The fraction of sp³-hybridized carbons (Fsp3) is 0.300. The molecule has 4 heteroatoms. The summed E-state index contributed by atoms with van der Waals surface area (Å²) < 4.78 is 4.73. The second-order valence-corrected chi connectivity index (χ2v) is 4.30. The molecule has 3 nitrogen and oxygen atoms in total. The molecule has 1 aliphatic rings. The van der Waals surface area contributed by atoms with Crippen LogP contribution in [0.5, 0.6) is 5.75 Å². The number of hydrogen-bond acceptors (Lipinski definition) is 3. The van der Waals surface area contributed by atoms with E-state index in [0.717, 1.165) is 0 Å². The molecule has 0 atom stereocenters. The Labute approximate surface area is 86.6 Å². The minimum absolute atomic E-state index is 0.508. The van der Waals surface area contributed by atoms with Gasteiger partial charge in [0.1, 0.15) is 5.75 Å². The summed E-state index contributed by atoms with van der Waals surface area (Å²) in [5.74, 6) is 3.56. The third-order valence-corrected chi connectivity index (χ3v) is 3.48. The molecule has 0 bridgehead atoms. The summed E-state index contributed by atoms with van der Waals surface area (Å²) in [6.45, 7) is 0. The fourth-order valence-electron chi connectivity index (χ4n) is 1.35. The van der Waals surface area contributed by atoms with Gasteiger partial charge in [0.05, 0.1) is 0 Å². The predicted octanol–water partition coefficient (Wildman–Crippen LogP) is 1.97. The van der Waals surface area contributed by atoms with Crippen molar-refractivity contribution in [3.63, 3.8) is 0 Å². The Kier molecular flexibility index (Phi) is 2.63. The largest absolute Gasteiger partial charge is 0.411 e. The Balaban J connectivity index is 2.05. The van der Waals surface area contributed by atoms with Crippen molar-refractivity contribution in [1.29, 1.82) is 0 Å². The van der Waals surface area contributed by atoms with Crippen molar-refractivity contribution in [3.8, 4) is 5.75 Å². The highest BCUT2D eigenvalue weighted by Gasteiger charge is 2.19. The lowest BCUT2D eigenvalue weighted by Gasteiger charge is -2.25. The van der Waals surface area contributed by atoms with Gasteiger partial charge in [-0.1, -0.05) is 12.1 Å². The Morgan fingerprint density at radius 1 is 1.36 bits per heavy atom. The van der Waals surface area contributed by atoms with Crippen molar-refractivity contribution in [3.05, 3.63) is 29.8 Å². The van der Waals surface area contributed by atoms with Crippen molar-refractivity contribution in [2.45, 2.75) is 5.92 Å². The van der Waals surface area contributed by atoms with Gasteiger partial charge in [0.25, 0.3) is 0 Å². The van der Waals surface area contributed by atoms with Gasteiger partial charge in [-0.2, -0.15) is 11.8 Å². The Morgan fingerprint density at radius 3 is 2.43 bits per heavy atom. The normalized spacial score (nSPS) is 16.0. The van der Waals surface area contributed by atoms with Gasteiger partial charge in [-0.25, -0.2) is 4.79 Å². The third-order valence-electron chi connectivity index (χ3n) is 2.21. The highest BCUT2D eigenvalue weighted by Crippen LogP contribution is 2.34. The van der Waals surface area contributed by atoms with E-state index in [1.807, 2.05) is 23.9 Å². The van der Waals surface area contributed by atoms with Crippen LogP contribution >= 0.6 is 11.8 Å². The summed E-state index contributed by atoms with van der Waals surface area (Å²) in [6, 6.07) is 7.54. The summed E-state index contributed by atoms with van der Waals surface area (Å²) in [6.07, 6.45) is -0.767. The quantitative estimate of drug-likeness (QED) is 0.810. The molecule has 0 aliphatic carbocycles. The van der Waals surface area contributed by atoms with Crippen molar-refractivity contribution < 1.29 is 9.53 Å². The van der Waals surface area contributed by atoms with Crippen LogP contribution in [0.2, 0.25) is 0 Å². The topological polar surface area (TPSA) is 52.3 Å². The first-order valence-corrected chi connectivity index (χ1v) is 5.56. The van der Waals surface area contributed by atoms with Gasteiger partial charge in [-0.05, 0) is 17.7 Å². The summed E-state index contributed by atoms with van der Waals surface area (Å²) in [7, 11) is 0. The smallest absolute Gasteiger partial charge is 0.409 e. The molecule has 0 radical (unpaired) electrons. The number of ether oxygens (including phenoxy) is 1. The van der Waals surface area contributed by atoms with Gasteiger partial charge in [-0.3, -0.25) is 0 Å². The van der Waals surface area contributed by atoms with Crippen LogP contribution in [0, 0.1) is 0 Å². The average Bonchev–Trinajstić information content (AvgIpc) is 2.04. The number of hydrogen-bond donors (Lipinski definition) is 1. The minimum atomic E-state index is -0.767. The highest BCUT2D eigenvalue weighted by atomic mass is 32.2. The zero-order valence-electron chi connectivity index (χ0n) is 7.60. The molecule has 1 amide bonds. The van der Waals surface area contributed by atoms with Crippen LogP contribution in [0.3, 0.4) is 0 Å². The zero-order chi connectivity index (χ0) is 9.97. The van der Waals surface area contributed by atoms with Crippen LogP contribution in [0.1, 0.15) is 11.5 Å². The van der Waals surface area contributed by atoms with E-state index < -0.39 is 6.09 Å². The van der Waals surface area contributed by atoms with E-state index in [9.17, 15) is 4.79 Å². The number of nitrogens with two attached hydrogens (primary N) is 1. The third kappa shape index (κ3) is 2.01. The maximum Gasteiger partial charge on any atom is 0.409 e. The Bertz CT molecular complexity index is 332. The molecule has 2 rings (SSSR count). The molecule has 1 heterocycles. The monoisotopic (exact) mass is 209 g/mol. The van der Waals surface area contributed by atoms with Crippen molar-refractivity contribution in [2.24, 2.45) is 5.73 Å². The van der Waals surface area contributed by atoms with E-state index in [-0.39, 0.29) is 0 Å². The van der Waals surface area contributed by atoms with Gasteiger partial charge in [0, 0.05) is 17.4 Å². The SMILES string of the molecule is NC(=O)Oc1ccc(C2CSC2)cc1. The lowest BCUT2D eigenvalue weighted by atomic mass is 10.0. The van der Waals surface area contributed by atoms with Crippen LogP contribution in [-0.2, 0) is 0 Å². The van der Waals surface area contributed by atoms with Crippen LogP contribution in [-0.4, -0.2) is 17.6 Å². The summed E-state index contributed by atoms with van der Waals surface area (Å²) in [4.78, 5) is 10.5. The zero-order valence-corrected chi connectivity index (χ0v) is 8.42. The molecular weight excluding hydrogens is 198 g/mol. The van der Waals surface area contributed by atoms with Gasteiger partial charge in [0.15, 0.2) is 0 Å². The van der Waals surface area contributed by atoms with E-state index >= 15 is 0 Å². The number of amides is 1. The molecule has 2 N–H and O–H groups in total. The number of thioether (sulfide) groups is 1. The molecule has 1 fully saturated rings. The van der Waals surface area contributed by atoms with E-state index in [1.54, 1.807) is 12.1 Å².